The highest BCUT2D eigenvalue weighted by Gasteiger charge is 2.18. The zero-order valence-electron chi connectivity index (χ0n) is 10.0. The number of anilines is 1. The van der Waals surface area contributed by atoms with E-state index in [0.29, 0.717) is 11.3 Å². The van der Waals surface area contributed by atoms with Gasteiger partial charge in [-0.15, -0.1) is 10.1 Å². The summed E-state index contributed by atoms with van der Waals surface area (Å²) in [6, 6.07) is 7.68. The van der Waals surface area contributed by atoms with Crippen molar-refractivity contribution in [3.05, 3.63) is 52.2 Å². The predicted octanol–water partition coefficient (Wildman–Crippen LogP) is 1.41. The first-order valence-electron chi connectivity index (χ1n) is 5.37. The van der Waals surface area contributed by atoms with E-state index < -0.39 is 11.1 Å². The predicted molar refractivity (Wildman–Crippen MR) is 67.7 cm³/mol. The fourth-order valence-electron chi connectivity index (χ4n) is 1.77. The van der Waals surface area contributed by atoms with Crippen LogP contribution < -0.4 is 5.73 Å². The SMILES string of the molecule is N#Cn1cccc1-c1cccc(C(=O)O[N+](=O)[O-])c1N. The zero-order chi connectivity index (χ0) is 14.7. The molecule has 0 fully saturated rings. The molecule has 0 aliphatic carbocycles. The first-order chi connectivity index (χ1) is 9.54. The van der Waals surface area contributed by atoms with Crippen LogP contribution in [0.5, 0.6) is 0 Å². The molecule has 1 aromatic heterocycles. The van der Waals surface area contributed by atoms with Crippen LogP contribution >= 0.6 is 0 Å². The lowest BCUT2D eigenvalue weighted by Crippen LogP contribution is -2.13. The third kappa shape index (κ3) is 2.28. The third-order valence-electron chi connectivity index (χ3n) is 2.62. The van der Waals surface area contributed by atoms with Gasteiger partial charge in [-0.2, -0.15) is 5.26 Å². The van der Waals surface area contributed by atoms with Gasteiger partial charge in [0.25, 0.3) is 0 Å². The van der Waals surface area contributed by atoms with Gasteiger partial charge in [0.2, 0.25) is 0 Å². The first-order valence-corrected chi connectivity index (χ1v) is 5.37. The fourth-order valence-corrected chi connectivity index (χ4v) is 1.77. The van der Waals surface area contributed by atoms with Crippen molar-refractivity contribution < 1.29 is 14.7 Å². The number of hydrogen-bond acceptors (Lipinski definition) is 6. The number of benzene rings is 1. The Labute approximate surface area is 112 Å². The van der Waals surface area contributed by atoms with Gasteiger partial charge in [0.1, 0.15) is 0 Å². The number of carbonyl (C=O) groups excluding carboxylic acids is 1. The summed E-state index contributed by atoms with van der Waals surface area (Å²) in [7, 11) is 0. The number of nitrogens with zero attached hydrogens (tertiary/aromatic N) is 3. The van der Waals surface area contributed by atoms with E-state index in [1.807, 2.05) is 6.19 Å². The van der Waals surface area contributed by atoms with Gasteiger partial charge in [-0.25, -0.2) is 4.84 Å². The van der Waals surface area contributed by atoms with Crippen molar-refractivity contribution >= 4 is 11.7 Å². The average molecular weight is 272 g/mol. The zero-order valence-corrected chi connectivity index (χ0v) is 10.0. The van der Waals surface area contributed by atoms with Crippen LogP contribution in [0.4, 0.5) is 5.69 Å². The molecule has 0 aliphatic heterocycles. The van der Waals surface area contributed by atoms with Crippen LogP contribution in [-0.4, -0.2) is 15.6 Å². The molecule has 0 saturated heterocycles. The summed E-state index contributed by atoms with van der Waals surface area (Å²) in [5, 5.41) is 17.9. The number of nitrogens with two attached hydrogens (primary N) is 1. The highest BCUT2D eigenvalue weighted by Crippen LogP contribution is 2.29. The van der Waals surface area contributed by atoms with Gasteiger partial charge in [-0.1, -0.05) is 12.1 Å². The minimum atomic E-state index is -1.20. The Hall–Kier alpha value is -3.34. The van der Waals surface area contributed by atoms with E-state index in [2.05, 4.69) is 4.84 Å². The van der Waals surface area contributed by atoms with Gasteiger partial charge in [-0.3, -0.25) is 9.36 Å². The van der Waals surface area contributed by atoms with Crippen molar-refractivity contribution in [2.24, 2.45) is 0 Å². The lowest BCUT2D eigenvalue weighted by molar-refractivity contribution is -0.727. The number of carbonyl (C=O) groups is 1. The Bertz CT molecular complexity index is 729. The summed E-state index contributed by atoms with van der Waals surface area (Å²) in [5.74, 6) is -1.16. The van der Waals surface area contributed by atoms with Crippen LogP contribution in [0.1, 0.15) is 10.4 Å². The number of hydrogen-bond donors (Lipinski definition) is 1. The Morgan fingerprint density at radius 3 is 2.80 bits per heavy atom. The molecule has 1 aromatic carbocycles. The molecule has 0 radical (unpaired) electrons. The number of rotatable bonds is 3. The van der Waals surface area contributed by atoms with Crippen LogP contribution in [0.2, 0.25) is 0 Å². The minimum Gasteiger partial charge on any atom is -0.398 e. The molecule has 100 valence electrons. The van der Waals surface area contributed by atoms with Gasteiger partial charge < -0.3 is 5.73 Å². The first kappa shape index (κ1) is 13.1. The van der Waals surface area contributed by atoms with Crippen LogP contribution in [0, 0.1) is 21.6 Å². The maximum Gasteiger partial charge on any atom is 0.336 e. The lowest BCUT2D eigenvalue weighted by Gasteiger charge is -2.09. The van der Waals surface area contributed by atoms with Gasteiger partial charge in [0, 0.05) is 11.8 Å². The lowest BCUT2D eigenvalue weighted by atomic mass is 10.0. The van der Waals surface area contributed by atoms with Gasteiger partial charge >= 0.3 is 11.1 Å². The quantitative estimate of drug-likeness (QED) is 0.511. The molecule has 0 bridgehead atoms. The van der Waals surface area contributed by atoms with Gasteiger partial charge in [0.05, 0.1) is 16.9 Å². The molecule has 0 atom stereocenters. The average Bonchev–Trinajstić information content (AvgIpc) is 2.86. The number of nitrogen functional groups attached to an aromatic ring is 1. The smallest absolute Gasteiger partial charge is 0.336 e. The summed E-state index contributed by atoms with van der Waals surface area (Å²) in [5.41, 5.74) is 6.59. The van der Waals surface area contributed by atoms with Crippen molar-refractivity contribution in [3.8, 4) is 17.5 Å². The standard InChI is InChI=1S/C12H8N4O4/c13-7-15-6-2-5-10(15)8-3-1-4-9(11(8)14)12(17)20-16(18)19/h1-6H,14H2. The fraction of sp³-hybridized carbons (Fsp3) is 0. The number of para-hydroxylation sites is 1. The monoisotopic (exact) mass is 272 g/mol. The van der Waals surface area contributed by atoms with E-state index in [9.17, 15) is 14.9 Å². The normalized spacial score (nSPS) is 9.75. The molecule has 0 amide bonds. The van der Waals surface area contributed by atoms with Crippen LogP contribution in [0.3, 0.4) is 0 Å². The molecule has 2 rings (SSSR count). The van der Waals surface area contributed by atoms with Crippen molar-refractivity contribution in [1.29, 1.82) is 5.26 Å². The molecule has 8 heteroatoms. The highest BCUT2D eigenvalue weighted by molar-refractivity contribution is 5.98. The van der Waals surface area contributed by atoms with E-state index in [1.54, 1.807) is 18.2 Å². The van der Waals surface area contributed by atoms with Crippen molar-refractivity contribution in [2.45, 2.75) is 0 Å². The molecule has 20 heavy (non-hydrogen) atoms. The summed E-state index contributed by atoms with van der Waals surface area (Å²) >= 11 is 0. The van der Waals surface area contributed by atoms with E-state index in [0.717, 1.165) is 0 Å². The molecule has 1 heterocycles. The molecule has 0 aliphatic rings. The van der Waals surface area contributed by atoms with Gasteiger partial charge in [-0.05, 0) is 18.2 Å². The van der Waals surface area contributed by atoms with E-state index in [1.165, 1.54) is 22.9 Å². The largest absolute Gasteiger partial charge is 0.398 e. The highest BCUT2D eigenvalue weighted by atomic mass is 17.0. The number of nitriles is 1. The Morgan fingerprint density at radius 1 is 1.40 bits per heavy atom. The maximum absolute atomic E-state index is 11.5. The van der Waals surface area contributed by atoms with Crippen molar-refractivity contribution in [3.63, 3.8) is 0 Å². The molecule has 8 nitrogen and oxygen atoms in total. The van der Waals surface area contributed by atoms with E-state index in [4.69, 9.17) is 11.0 Å². The Kier molecular flexibility index (Phi) is 3.35. The number of aromatic nitrogens is 1. The minimum absolute atomic E-state index is 0.00884. The van der Waals surface area contributed by atoms with E-state index in [-0.39, 0.29) is 11.3 Å². The molecular weight excluding hydrogens is 264 g/mol. The summed E-state index contributed by atoms with van der Waals surface area (Å²) in [4.78, 5) is 25.6. The maximum atomic E-state index is 11.5. The van der Waals surface area contributed by atoms with Crippen LogP contribution in [0.25, 0.3) is 11.3 Å². The van der Waals surface area contributed by atoms with Crippen molar-refractivity contribution in [1.82, 2.24) is 4.57 Å². The second-order valence-electron chi connectivity index (χ2n) is 3.73. The molecule has 0 saturated carbocycles. The van der Waals surface area contributed by atoms with Crippen LogP contribution in [0.15, 0.2) is 36.5 Å². The summed E-state index contributed by atoms with van der Waals surface area (Å²) < 4.78 is 1.26. The van der Waals surface area contributed by atoms with Crippen LogP contribution in [-0.2, 0) is 4.84 Å². The molecule has 0 spiro atoms. The Morgan fingerprint density at radius 2 is 2.15 bits per heavy atom. The topological polar surface area (TPSA) is 124 Å². The Balaban J connectivity index is 2.51. The van der Waals surface area contributed by atoms with Crippen molar-refractivity contribution in [2.75, 3.05) is 5.73 Å². The molecule has 0 unspecified atom stereocenters. The second-order valence-corrected chi connectivity index (χ2v) is 3.73. The molecule has 2 aromatic rings. The molecular formula is C12H8N4O4. The van der Waals surface area contributed by atoms with Gasteiger partial charge in [0.15, 0.2) is 6.19 Å². The summed E-state index contributed by atoms with van der Waals surface area (Å²) in [6.07, 6.45) is 3.44. The third-order valence-corrected chi connectivity index (χ3v) is 2.62. The van der Waals surface area contributed by atoms with E-state index >= 15 is 0 Å². The summed E-state index contributed by atoms with van der Waals surface area (Å²) in [6.45, 7) is 0. The molecule has 2 N–H and O–H groups in total. The second kappa shape index (κ2) is 5.11.